The molecule has 0 unspecified atom stereocenters. The molecule has 0 saturated carbocycles. The van der Waals surface area contributed by atoms with Crippen LogP contribution in [0.4, 0.5) is 0 Å². The Balaban J connectivity index is 0.000000615. The number of hydrogen-bond acceptors (Lipinski definition) is 2. The highest BCUT2D eigenvalue weighted by atomic mass is 35.5. The van der Waals surface area contributed by atoms with E-state index in [-0.39, 0.29) is 5.75 Å². The minimum Gasteiger partial charge on any atom is -0.508 e. The number of aryl methyl sites for hydroxylation is 1. The van der Waals surface area contributed by atoms with Crippen molar-refractivity contribution in [1.82, 2.24) is 4.98 Å². The summed E-state index contributed by atoms with van der Waals surface area (Å²) < 4.78 is 0. The SMILES string of the molecule is CC.CC.Cc1ccccc1-c1cnc(Cl)c2cc(O)ccc12. The van der Waals surface area contributed by atoms with Gasteiger partial charge in [-0.3, -0.25) is 0 Å². The molecule has 1 aromatic heterocycles. The second-order valence-electron chi connectivity index (χ2n) is 4.51. The molecule has 1 N–H and O–H groups in total. The largest absolute Gasteiger partial charge is 0.508 e. The third kappa shape index (κ3) is 4.23. The highest BCUT2D eigenvalue weighted by Crippen LogP contribution is 2.34. The van der Waals surface area contributed by atoms with Gasteiger partial charge in [-0.05, 0) is 41.6 Å². The first-order valence-electron chi connectivity index (χ1n) is 8.00. The van der Waals surface area contributed by atoms with Crippen molar-refractivity contribution in [2.45, 2.75) is 34.6 Å². The molecule has 3 aromatic rings. The molecule has 2 aromatic carbocycles. The van der Waals surface area contributed by atoms with Gasteiger partial charge in [0.05, 0.1) is 0 Å². The van der Waals surface area contributed by atoms with Gasteiger partial charge in [0.25, 0.3) is 0 Å². The van der Waals surface area contributed by atoms with Crippen LogP contribution in [0, 0.1) is 6.92 Å². The van der Waals surface area contributed by atoms with Gasteiger partial charge in [-0.25, -0.2) is 4.98 Å². The van der Waals surface area contributed by atoms with Gasteiger partial charge < -0.3 is 5.11 Å². The summed E-state index contributed by atoms with van der Waals surface area (Å²) in [5.41, 5.74) is 3.33. The number of phenols is 1. The molecule has 122 valence electrons. The fraction of sp³-hybridized carbons (Fsp3) is 0.250. The van der Waals surface area contributed by atoms with Gasteiger partial charge in [-0.1, -0.05) is 63.6 Å². The van der Waals surface area contributed by atoms with Crippen molar-refractivity contribution in [3.05, 3.63) is 59.4 Å². The molecule has 0 fully saturated rings. The monoisotopic (exact) mass is 329 g/mol. The topological polar surface area (TPSA) is 33.1 Å². The number of aromatic hydroxyl groups is 1. The van der Waals surface area contributed by atoms with Crippen LogP contribution in [0.15, 0.2) is 48.7 Å². The van der Waals surface area contributed by atoms with Gasteiger partial charge in [0.1, 0.15) is 10.9 Å². The van der Waals surface area contributed by atoms with E-state index in [1.807, 2.05) is 45.9 Å². The van der Waals surface area contributed by atoms with Crippen LogP contribution in [-0.2, 0) is 0 Å². The second kappa shape index (κ2) is 9.16. The predicted octanol–water partition coefficient (Wildman–Crippen LogP) is 6.62. The Labute approximate surface area is 143 Å². The maximum Gasteiger partial charge on any atom is 0.137 e. The summed E-state index contributed by atoms with van der Waals surface area (Å²) in [4.78, 5) is 4.22. The normalized spacial score (nSPS) is 9.48. The van der Waals surface area contributed by atoms with Gasteiger partial charge in [-0.15, -0.1) is 0 Å². The van der Waals surface area contributed by atoms with Crippen LogP contribution >= 0.6 is 11.6 Å². The van der Waals surface area contributed by atoms with Gasteiger partial charge in [-0.2, -0.15) is 0 Å². The molecule has 2 nitrogen and oxygen atoms in total. The van der Waals surface area contributed by atoms with E-state index in [1.165, 1.54) is 5.56 Å². The zero-order valence-corrected chi connectivity index (χ0v) is 15.1. The highest BCUT2D eigenvalue weighted by molar-refractivity contribution is 6.34. The third-order valence-electron chi connectivity index (χ3n) is 3.26. The fourth-order valence-corrected chi connectivity index (χ4v) is 2.49. The zero-order chi connectivity index (χ0) is 17.4. The molecule has 0 aliphatic heterocycles. The van der Waals surface area contributed by atoms with Crippen molar-refractivity contribution in [3.8, 4) is 16.9 Å². The molecule has 0 bridgehead atoms. The summed E-state index contributed by atoms with van der Waals surface area (Å²) >= 11 is 6.11. The lowest BCUT2D eigenvalue weighted by atomic mass is 9.97. The van der Waals surface area contributed by atoms with Crippen LogP contribution < -0.4 is 0 Å². The fourth-order valence-electron chi connectivity index (χ4n) is 2.29. The number of phenolic OH excluding ortho intramolecular Hbond substituents is 1. The number of nitrogens with zero attached hydrogens (tertiary/aromatic N) is 1. The molecule has 0 amide bonds. The summed E-state index contributed by atoms with van der Waals surface area (Å²) in [6.45, 7) is 10.1. The number of halogens is 1. The summed E-state index contributed by atoms with van der Waals surface area (Å²) in [7, 11) is 0. The van der Waals surface area contributed by atoms with Crippen LogP contribution in [-0.4, -0.2) is 10.1 Å². The van der Waals surface area contributed by atoms with Crippen LogP contribution in [0.2, 0.25) is 5.15 Å². The molecule has 1 heterocycles. The van der Waals surface area contributed by atoms with E-state index in [2.05, 4.69) is 24.0 Å². The third-order valence-corrected chi connectivity index (χ3v) is 3.56. The van der Waals surface area contributed by atoms with E-state index in [0.29, 0.717) is 5.15 Å². The Morgan fingerprint density at radius 1 is 0.870 bits per heavy atom. The van der Waals surface area contributed by atoms with Crippen molar-refractivity contribution in [2.24, 2.45) is 0 Å². The number of aromatic nitrogens is 1. The van der Waals surface area contributed by atoms with Crippen molar-refractivity contribution in [2.75, 3.05) is 0 Å². The molecule has 3 heteroatoms. The number of rotatable bonds is 1. The van der Waals surface area contributed by atoms with Gasteiger partial charge in [0, 0.05) is 17.1 Å². The predicted molar refractivity (Wildman–Crippen MR) is 101 cm³/mol. The molecular formula is C20H24ClNO. The summed E-state index contributed by atoms with van der Waals surface area (Å²) in [5.74, 6) is 0.193. The molecule has 0 atom stereocenters. The molecular weight excluding hydrogens is 306 g/mol. The van der Waals surface area contributed by atoms with E-state index in [9.17, 15) is 5.11 Å². The Morgan fingerprint density at radius 3 is 2.17 bits per heavy atom. The number of benzene rings is 2. The van der Waals surface area contributed by atoms with Gasteiger partial charge in [0.2, 0.25) is 0 Å². The van der Waals surface area contributed by atoms with Crippen molar-refractivity contribution < 1.29 is 5.11 Å². The van der Waals surface area contributed by atoms with Crippen molar-refractivity contribution >= 4 is 22.4 Å². The Hall–Kier alpha value is -2.06. The first kappa shape index (κ1) is 19.0. The van der Waals surface area contributed by atoms with E-state index in [1.54, 1.807) is 18.3 Å². The molecule has 0 aliphatic carbocycles. The van der Waals surface area contributed by atoms with Crippen molar-refractivity contribution in [1.29, 1.82) is 0 Å². The number of fused-ring (bicyclic) bond motifs is 1. The van der Waals surface area contributed by atoms with Gasteiger partial charge >= 0.3 is 0 Å². The zero-order valence-electron chi connectivity index (χ0n) is 14.4. The van der Waals surface area contributed by atoms with E-state index < -0.39 is 0 Å². The average Bonchev–Trinajstić information content (AvgIpc) is 2.60. The standard InChI is InChI=1S/C16H12ClNO.2C2H6/c1-10-4-2-3-5-12(10)15-9-18-16(17)14-8-11(19)6-7-13(14)15;2*1-2/h2-9,19H,1H3;2*1-2H3. The Morgan fingerprint density at radius 2 is 1.52 bits per heavy atom. The lowest BCUT2D eigenvalue weighted by Crippen LogP contribution is -1.88. The van der Waals surface area contributed by atoms with Crippen LogP contribution in [0.1, 0.15) is 33.3 Å². The average molecular weight is 330 g/mol. The van der Waals surface area contributed by atoms with Gasteiger partial charge in [0.15, 0.2) is 0 Å². The Kier molecular flexibility index (Phi) is 7.56. The van der Waals surface area contributed by atoms with E-state index in [4.69, 9.17) is 11.6 Å². The number of pyridine rings is 1. The maximum atomic E-state index is 9.58. The smallest absolute Gasteiger partial charge is 0.137 e. The molecule has 3 rings (SSSR count). The maximum absolute atomic E-state index is 9.58. The first-order chi connectivity index (χ1) is 11.2. The molecule has 0 spiro atoms. The van der Waals surface area contributed by atoms with Crippen LogP contribution in [0.5, 0.6) is 5.75 Å². The van der Waals surface area contributed by atoms with E-state index >= 15 is 0 Å². The van der Waals surface area contributed by atoms with Crippen LogP contribution in [0.3, 0.4) is 0 Å². The van der Waals surface area contributed by atoms with Crippen LogP contribution in [0.25, 0.3) is 21.9 Å². The summed E-state index contributed by atoms with van der Waals surface area (Å²) in [5, 5.41) is 11.7. The lowest BCUT2D eigenvalue weighted by molar-refractivity contribution is 0.476. The minimum absolute atomic E-state index is 0.193. The molecule has 0 saturated heterocycles. The molecule has 0 radical (unpaired) electrons. The van der Waals surface area contributed by atoms with Crippen molar-refractivity contribution in [3.63, 3.8) is 0 Å². The lowest BCUT2D eigenvalue weighted by Gasteiger charge is -2.10. The summed E-state index contributed by atoms with van der Waals surface area (Å²) in [6, 6.07) is 13.3. The highest BCUT2D eigenvalue weighted by Gasteiger charge is 2.10. The second-order valence-corrected chi connectivity index (χ2v) is 4.87. The first-order valence-corrected chi connectivity index (χ1v) is 8.38. The molecule has 23 heavy (non-hydrogen) atoms. The van der Waals surface area contributed by atoms with E-state index in [0.717, 1.165) is 21.9 Å². The summed E-state index contributed by atoms with van der Waals surface area (Å²) in [6.07, 6.45) is 1.78. The number of hydrogen-bond donors (Lipinski definition) is 1. The minimum atomic E-state index is 0.193. The molecule has 0 aliphatic rings. The Bertz CT molecular complexity index is 769. The quantitative estimate of drug-likeness (QED) is 0.509.